The first kappa shape index (κ1) is 12.2. The van der Waals surface area contributed by atoms with Crippen molar-refractivity contribution in [1.29, 1.82) is 0 Å². The van der Waals surface area contributed by atoms with Gasteiger partial charge in [0.1, 0.15) is 0 Å². The van der Waals surface area contributed by atoms with Crippen LogP contribution in [0.25, 0.3) is 0 Å². The van der Waals surface area contributed by atoms with Crippen molar-refractivity contribution < 1.29 is 0 Å². The van der Waals surface area contributed by atoms with Gasteiger partial charge in [-0.1, -0.05) is 0 Å². The predicted molar refractivity (Wildman–Crippen MR) is 72.5 cm³/mol. The number of aryl methyl sites for hydroxylation is 1. The summed E-state index contributed by atoms with van der Waals surface area (Å²) >= 11 is 0. The molecule has 2 aliphatic heterocycles. The molecule has 4 nitrogen and oxygen atoms in total. The van der Waals surface area contributed by atoms with E-state index >= 15 is 0 Å². The molecule has 2 atom stereocenters. The molecule has 3 rings (SSSR count). The van der Waals surface area contributed by atoms with Crippen LogP contribution in [0.3, 0.4) is 0 Å². The van der Waals surface area contributed by atoms with Crippen LogP contribution < -0.4 is 5.32 Å². The fourth-order valence-electron chi connectivity index (χ4n) is 3.51. The molecular weight excluding hydrogens is 224 g/mol. The van der Waals surface area contributed by atoms with Crippen LogP contribution in [0, 0.1) is 0 Å². The lowest BCUT2D eigenvalue weighted by atomic mass is 9.98. The molecule has 0 aliphatic carbocycles. The first-order valence-electron chi connectivity index (χ1n) is 7.15. The van der Waals surface area contributed by atoms with Gasteiger partial charge in [0, 0.05) is 50.0 Å². The number of nitrogens with one attached hydrogen (secondary N) is 1. The van der Waals surface area contributed by atoms with Crippen molar-refractivity contribution in [3.8, 4) is 0 Å². The number of hydrogen-bond acceptors (Lipinski definition) is 3. The number of aromatic nitrogens is 2. The lowest BCUT2D eigenvalue weighted by Gasteiger charge is -2.35. The lowest BCUT2D eigenvalue weighted by Crippen LogP contribution is -2.47. The van der Waals surface area contributed by atoms with E-state index in [-0.39, 0.29) is 0 Å². The average Bonchev–Trinajstić information content (AvgIpc) is 2.92. The Kier molecular flexibility index (Phi) is 3.39. The Morgan fingerprint density at radius 1 is 1.39 bits per heavy atom. The Bertz CT molecular complexity index is 388. The highest BCUT2D eigenvalue weighted by Crippen LogP contribution is 2.29. The van der Waals surface area contributed by atoms with Crippen LogP contribution in [0.5, 0.6) is 0 Å². The van der Waals surface area contributed by atoms with Crippen LogP contribution in [0.1, 0.15) is 31.4 Å². The summed E-state index contributed by atoms with van der Waals surface area (Å²) in [5.74, 6) is 0. The van der Waals surface area contributed by atoms with Crippen molar-refractivity contribution in [3.63, 3.8) is 0 Å². The van der Waals surface area contributed by atoms with Crippen molar-refractivity contribution in [2.75, 3.05) is 13.6 Å². The van der Waals surface area contributed by atoms with Gasteiger partial charge in [0.15, 0.2) is 0 Å². The van der Waals surface area contributed by atoms with E-state index in [0.717, 1.165) is 31.1 Å². The summed E-state index contributed by atoms with van der Waals surface area (Å²) in [5.41, 5.74) is 1.33. The zero-order valence-corrected chi connectivity index (χ0v) is 11.5. The normalized spacial score (nSPS) is 31.2. The number of hydrogen-bond donors (Lipinski definition) is 1. The van der Waals surface area contributed by atoms with Crippen molar-refractivity contribution >= 4 is 0 Å². The molecule has 2 aliphatic rings. The van der Waals surface area contributed by atoms with E-state index in [9.17, 15) is 0 Å². The highest BCUT2D eigenvalue weighted by molar-refractivity contribution is 5.01. The molecule has 1 aromatic heterocycles. The van der Waals surface area contributed by atoms with E-state index in [1.807, 2.05) is 17.9 Å². The minimum atomic E-state index is 0.775. The van der Waals surface area contributed by atoms with Gasteiger partial charge in [0.25, 0.3) is 0 Å². The maximum absolute atomic E-state index is 4.23. The van der Waals surface area contributed by atoms with E-state index < -0.39 is 0 Å². The molecule has 2 unspecified atom stereocenters. The topological polar surface area (TPSA) is 33.1 Å². The van der Waals surface area contributed by atoms with Crippen LogP contribution >= 0.6 is 0 Å². The third-order valence-electron chi connectivity index (χ3n) is 4.71. The van der Waals surface area contributed by atoms with Gasteiger partial charge in [-0.3, -0.25) is 4.68 Å². The monoisotopic (exact) mass is 248 g/mol. The van der Waals surface area contributed by atoms with Gasteiger partial charge in [0.05, 0.1) is 0 Å². The zero-order chi connectivity index (χ0) is 12.5. The van der Waals surface area contributed by atoms with Crippen molar-refractivity contribution in [2.24, 2.45) is 7.05 Å². The van der Waals surface area contributed by atoms with E-state index in [4.69, 9.17) is 0 Å². The van der Waals surface area contributed by atoms with Gasteiger partial charge in [-0.2, -0.15) is 5.10 Å². The molecule has 3 heterocycles. The quantitative estimate of drug-likeness (QED) is 0.868. The van der Waals surface area contributed by atoms with Gasteiger partial charge < -0.3 is 10.2 Å². The zero-order valence-electron chi connectivity index (χ0n) is 11.5. The van der Waals surface area contributed by atoms with Crippen LogP contribution in [0.4, 0.5) is 0 Å². The molecule has 2 fully saturated rings. The Balaban J connectivity index is 1.52. The summed E-state index contributed by atoms with van der Waals surface area (Å²) in [4.78, 5) is 2.55. The first-order valence-corrected chi connectivity index (χ1v) is 7.15. The summed E-state index contributed by atoms with van der Waals surface area (Å²) in [7, 11) is 4.31. The molecule has 4 heteroatoms. The number of nitrogens with zero attached hydrogens (tertiary/aromatic N) is 3. The molecule has 18 heavy (non-hydrogen) atoms. The maximum atomic E-state index is 4.23. The molecule has 1 aromatic rings. The van der Waals surface area contributed by atoms with E-state index in [2.05, 4.69) is 28.4 Å². The van der Waals surface area contributed by atoms with E-state index in [1.54, 1.807) is 0 Å². The Hall–Kier alpha value is -0.870. The molecule has 2 saturated heterocycles. The second-order valence-electron chi connectivity index (χ2n) is 5.94. The summed E-state index contributed by atoms with van der Waals surface area (Å²) < 4.78 is 1.99. The summed E-state index contributed by atoms with van der Waals surface area (Å²) in [6, 6.07) is 4.47. The molecular formula is C14H24N4. The first-order chi connectivity index (χ1) is 8.72. The Morgan fingerprint density at radius 3 is 2.72 bits per heavy atom. The molecule has 100 valence electrons. The summed E-state index contributed by atoms with van der Waals surface area (Å²) in [6.07, 6.45) is 8.43. The largest absolute Gasteiger partial charge is 0.311 e. The maximum Gasteiger partial charge on any atom is 0.0492 e. The molecule has 0 saturated carbocycles. The summed E-state index contributed by atoms with van der Waals surface area (Å²) in [5, 5.41) is 7.94. The third-order valence-corrected chi connectivity index (χ3v) is 4.71. The molecule has 0 radical (unpaired) electrons. The molecule has 2 bridgehead atoms. The van der Waals surface area contributed by atoms with Crippen LogP contribution in [-0.2, 0) is 13.5 Å². The Labute approximate surface area is 109 Å². The third kappa shape index (κ3) is 2.45. The minimum Gasteiger partial charge on any atom is -0.311 e. The molecule has 0 spiro atoms. The van der Waals surface area contributed by atoms with Gasteiger partial charge >= 0.3 is 0 Å². The standard InChI is InChI=1S/C14H24N4/c1-17(8-6-13-5-7-15-18(13)2)14-9-11-3-4-12(10-14)16-11/h5,7,11-12,14,16H,3-4,6,8-10H2,1-2H3. The van der Waals surface area contributed by atoms with Gasteiger partial charge in [0.2, 0.25) is 0 Å². The van der Waals surface area contributed by atoms with Gasteiger partial charge in [-0.25, -0.2) is 0 Å². The number of fused-ring (bicyclic) bond motifs is 2. The highest BCUT2D eigenvalue weighted by atomic mass is 15.3. The number of rotatable bonds is 4. The highest BCUT2D eigenvalue weighted by Gasteiger charge is 2.34. The van der Waals surface area contributed by atoms with Crippen molar-refractivity contribution in [1.82, 2.24) is 20.0 Å². The number of likely N-dealkylation sites (N-methyl/N-ethyl adjacent to an activating group) is 1. The summed E-state index contributed by atoms with van der Waals surface area (Å²) in [6.45, 7) is 1.14. The van der Waals surface area contributed by atoms with Crippen LogP contribution in [0.2, 0.25) is 0 Å². The minimum absolute atomic E-state index is 0.775. The van der Waals surface area contributed by atoms with Crippen LogP contribution in [0.15, 0.2) is 12.3 Å². The number of piperidine rings is 1. The van der Waals surface area contributed by atoms with E-state index in [0.29, 0.717) is 0 Å². The second kappa shape index (κ2) is 5.02. The SMILES string of the molecule is CN(CCc1ccnn1C)C1CC2CCC(C1)N2. The van der Waals surface area contributed by atoms with Crippen molar-refractivity contribution in [2.45, 2.75) is 50.2 Å². The fourth-order valence-corrected chi connectivity index (χ4v) is 3.51. The second-order valence-corrected chi connectivity index (χ2v) is 5.94. The lowest BCUT2D eigenvalue weighted by molar-refractivity contribution is 0.173. The molecule has 1 N–H and O–H groups in total. The smallest absolute Gasteiger partial charge is 0.0492 e. The molecule has 0 aromatic carbocycles. The predicted octanol–water partition coefficient (Wildman–Crippen LogP) is 1.18. The Morgan fingerprint density at radius 2 is 2.11 bits per heavy atom. The average molecular weight is 248 g/mol. The van der Waals surface area contributed by atoms with E-state index in [1.165, 1.54) is 31.4 Å². The molecule has 0 amide bonds. The van der Waals surface area contributed by atoms with Crippen LogP contribution in [-0.4, -0.2) is 46.4 Å². The van der Waals surface area contributed by atoms with Gasteiger partial charge in [-0.05, 0) is 38.8 Å². The fraction of sp³-hybridized carbons (Fsp3) is 0.786. The van der Waals surface area contributed by atoms with Gasteiger partial charge in [-0.15, -0.1) is 0 Å². The van der Waals surface area contributed by atoms with Crippen molar-refractivity contribution in [3.05, 3.63) is 18.0 Å².